The van der Waals surface area contributed by atoms with Gasteiger partial charge in [-0.3, -0.25) is 14.2 Å². The molecule has 138 valence electrons. The zero-order valence-corrected chi connectivity index (χ0v) is 17.5. The molecule has 0 fully saturated rings. The maximum atomic E-state index is 13.1. The molecule has 0 aliphatic rings. The third-order valence-electron chi connectivity index (χ3n) is 4.20. The van der Waals surface area contributed by atoms with Crippen molar-refractivity contribution in [2.75, 3.05) is 18.8 Å². The van der Waals surface area contributed by atoms with Gasteiger partial charge in [-0.1, -0.05) is 17.8 Å². The minimum atomic E-state index is -0.0278. The average molecular weight is 408 g/mol. The Bertz CT molecular complexity index is 956. The van der Waals surface area contributed by atoms with E-state index in [1.807, 2.05) is 43.7 Å². The average Bonchev–Trinajstić information content (AvgIpc) is 3.30. The summed E-state index contributed by atoms with van der Waals surface area (Å²) in [6, 6.07) is 4.01. The van der Waals surface area contributed by atoms with Crippen molar-refractivity contribution in [3.8, 4) is 10.4 Å². The molecule has 3 aromatic rings. The van der Waals surface area contributed by atoms with E-state index in [1.165, 1.54) is 23.1 Å². The van der Waals surface area contributed by atoms with Crippen LogP contribution in [0.3, 0.4) is 0 Å². The summed E-state index contributed by atoms with van der Waals surface area (Å²) in [5, 5.41) is 5.30. The van der Waals surface area contributed by atoms with E-state index in [-0.39, 0.29) is 11.5 Å². The van der Waals surface area contributed by atoms with Gasteiger partial charge in [-0.25, -0.2) is 4.98 Å². The number of thioether (sulfide) groups is 1. The van der Waals surface area contributed by atoms with Gasteiger partial charge in [-0.15, -0.1) is 22.7 Å². The van der Waals surface area contributed by atoms with Crippen LogP contribution in [0.25, 0.3) is 20.7 Å². The van der Waals surface area contributed by atoms with Crippen LogP contribution in [0.5, 0.6) is 0 Å². The van der Waals surface area contributed by atoms with Gasteiger partial charge in [-0.2, -0.15) is 0 Å². The second kappa shape index (κ2) is 8.37. The third kappa shape index (κ3) is 3.58. The Kier molecular flexibility index (Phi) is 6.16. The first-order valence-corrected chi connectivity index (χ1v) is 11.3. The number of fused-ring (bicyclic) bond motifs is 1. The number of carbonyl (C=O) groups excluding carboxylic acids is 1. The summed E-state index contributed by atoms with van der Waals surface area (Å²) in [6.07, 6.45) is 0. The lowest BCUT2D eigenvalue weighted by Gasteiger charge is -2.18. The molecule has 0 aliphatic heterocycles. The van der Waals surface area contributed by atoms with Gasteiger partial charge in [0.2, 0.25) is 5.91 Å². The van der Waals surface area contributed by atoms with Gasteiger partial charge in [0.05, 0.1) is 11.1 Å². The van der Waals surface area contributed by atoms with Crippen LogP contribution in [0, 0.1) is 0 Å². The lowest BCUT2D eigenvalue weighted by atomic mass is 10.2. The third-order valence-corrected chi connectivity index (χ3v) is 6.94. The number of hydrogen-bond donors (Lipinski definition) is 0. The van der Waals surface area contributed by atoms with Crippen LogP contribution in [-0.4, -0.2) is 39.2 Å². The Hall–Kier alpha value is -1.64. The summed E-state index contributed by atoms with van der Waals surface area (Å²) >= 11 is 4.45. The first-order valence-electron chi connectivity index (χ1n) is 8.57. The van der Waals surface area contributed by atoms with Crippen LogP contribution in [-0.2, 0) is 11.3 Å². The van der Waals surface area contributed by atoms with Gasteiger partial charge in [0.15, 0.2) is 5.16 Å². The summed E-state index contributed by atoms with van der Waals surface area (Å²) < 4.78 is 1.67. The van der Waals surface area contributed by atoms with Crippen LogP contribution >= 0.6 is 34.4 Å². The Balaban J connectivity index is 1.97. The first-order chi connectivity index (χ1) is 12.6. The zero-order valence-electron chi connectivity index (χ0n) is 15.0. The molecular weight excluding hydrogens is 386 g/mol. The molecule has 0 bridgehead atoms. The SMILES string of the molecule is CCN(CC)C(=O)CSc1nc2scc(-c3cccs3)c2c(=O)n1CC. The Morgan fingerprint density at radius 2 is 2.04 bits per heavy atom. The molecule has 0 aromatic carbocycles. The lowest BCUT2D eigenvalue weighted by Crippen LogP contribution is -2.32. The topological polar surface area (TPSA) is 55.2 Å². The number of aromatic nitrogens is 2. The maximum absolute atomic E-state index is 13.1. The fourth-order valence-electron chi connectivity index (χ4n) is 2.80. The Morgan fingerprint density at radius 3 is 2.65 bits per heavy atom. The summed E-state index contributed by atoms with van der Waals surface area (Å²) in [7, 11) is 0. The predicted molar refractivity (Wildman–Crippen MR) is 112 cm³/mol. The number of amides is 1. The van der Waals surface area contributed by atoms with Gasteiger partial charge >= 0.3 is 0 Å². The van der Waals surface area contributed by atoms with Gasteiger partial charge in [-0.05, 0) is 32.2 Å². The van der Waals surface area contributed by atoms with E-state index in [9.17, 15) is 9.59 Å². The second-order valence-corrected chi connectivity index (χ2v) is 8.35. The first kappa shape index (κ1) is 19.1. The van der Waals surface area contributed by atoms with Gasteiger partial charge < -0.3 is 4.90 Å². The van der Waals surface area contributed by atoms with Crippen molar-refractivity contribution in [3.63, 3.8) is 0 Å². The van der Waals surface area contributed by atoms with Crippen molar-refractivity contribution in [1.29, 1.82) is 0 Å². The maximum Gasteiger partial charge on any atom is 0.263 e. The normalized spacial score (nSPS) is 11.2. The minimum absolute atomic E-state index is 0.0278. The number of carbonyl (C=O) groups is 1. The number of rotatable bonds is 7. The summed E-state index contributed by atoms with van der Waals surface area (Å²) in [5.74, 6) is 0.366. The largest absolute Gasteiger partial charge is 0.343 e. The van der Waals surface area contributed by atoms with Crippen molar-refractivity contribution < 1.29 is 4.79 Å². The fourth-order valence-corrected chi connectivity index (χ4v) is 5.57. The molecule has 0 saturated heterocycles. The molecule has 3 heterocycles. The summed E-state index contributed by atoms with van der Waals surface area (Å²) in [4.78, 5) is 33.7. The molecule has 0 radical (unpaired) electrons. The number of nitrogens with zero attached hydrogens (tertiary/aromatic N) is 3. The number of thiophene rings is 2. The minimum Gasteiger partial charge on any atom is -0.343 e. The molecule has 0 N–H and O–H groups in total. The van der Waals surface area contributed by atoms with E-state index in [1.54, 1.807) is 20.8 Å². The highest BCUT2D eigenvalue weighted by molar-refractivity contribution is 7.99. The van der Waals surface area contributed by atoms with Gasteiger partial charge in [0.25, 0.3) is 5.56 Å². The standard InChI is InChI=1S/C18H21N3O2S3/c1-4-20(5-2)14(22)11-26-18-19-16-15(17(23)21(18)6-3)12(10-25-16)13-8-7-9-24-13/h7-10H,4-6,11H2,1-3H3. The molecule has 1 amide bonds. The second-order valence-electron chi connectivity index (χ2n) is 5.61. The van der Waals surface area contributed by atoms with Crippen LogP contribution in [0.15, 0.2) is 32.8 Å². The highest BCUT2D eigenvalue weighted by Gasteiger charge is 2.18. The van der Waals surface area contributed by atoms with Crippen LogP contribution in [0.4, 0.5) is 0 Å². The van der Waals surface area contributed by atoms with E-state index in [0.29, 0.717) is 35.9 Å². The van der Waals surface area contributed by atoms with E-state index in [4.69, 9.17) is 4.98 Å². The molecule has 0 spiro atoms. The molecule has 3 aromatic heterocycles. The molecule has 3 rings (SSSR count). The Labute approximate surface area is 164 Å². The molecule has 0 unspecified atom stereocenters. The van der Waals surface area contributed by atoms with Crippen molar-refractivity contribution >= 4 is 50.6 Å². The van der Waals surface area contributed by atoms with Crippen molar-refractivity contribution in [2.45, 2.75) is 32.5 Å². The van der Waals surface area contributed by atoms with Crippen molar-refractivity contribution in [2.24, 2.45) is 0 Å². The number of hydrogen-bond acceptors (Lipinski definition) is 6. The zero-order chi connectivity index (χ0) is 18.7. The molecular formula is C18H21N3O2S3. The Morgan fingerprint density at radius 1 is 1.27 bits per heavy atom. The van der Waals surface area contributed by atoms with Crippen molar-refractivity contribution in [3.05, 3.63) is 33.2 Å². The molecule has 5 nitrogen and oxygen atoms in total. The fraction of sp³-hybridized carbons (Fsp3) is 0.389. The predicted octanol–water partition coefficient (Wildman–Crippen LogP) is 4.17. The smallest absolute Gasteiger partial charge is 0.263 e. The summed E-state index contributed by atoms with van der Waals surface area (Å²) in [5.41, 5.74) is 0.926. The van der Waals surface area contributed by atoms with E-state index in [0.717, 1.165) is 15.3 Å². The molecule has 0 saturated carbocycles. The quantitative estimate of drug-likeness (QED) is 0.436. The highest BCUT2D eigenvalue weighted by atomic mass is 32.2. The molecule has 0 atom stereocenters. The lowest BCUT2D eigenvalue weighted by molar-refractivity contribution is -0.127. The van der Waals surface area contributed by atoms with E-state index < -0.39 is 0 Å². The van der Waals surface area contributed by atoms with E-state index in [2.05, 4.69) is 0 Å². The molecule has 0 aliphatic carbocycles. The van der Waals surface area contributed by atoms with Crippen LogP contribution < -0.4 is 5.56 Å². The molecule has 8 heteroatoms. The highest BCUT2D eigenvalue weighted by Crippen LogP contribution is 2.34. The van der Waals surface area contributed by atoms with Gasteiger partial charge in [0, 0.05) is 35.5 Å². The van der Waals surface area contributed by atoms with E-state index >= 15 is 0 Å². The van der Waals surface area contributed by atoms with Crippen molar-refractivity contribution in [1.82, 2.24) is 14.5 Å². The van der Waals surface area contributed by atoms with Crippen LogP contribution in [0.2, 0.25) is 0 Å². The van der Waals surface area contributed by atoms with Gasteiger partial charge in [0.1, 0.15) is 4.83 Å². The van der Waals surface area contributed by atoms with Crippen LogP contribution in [0.1, 0.15) is 20.8 Å². The molecule has 26 heavy (non-hydrogen) atoms. The monoisotopic (exact) mass is 407 g/mol. The summed E-state index contributed by atoms with van der Waals surface area (Å²) in [6.45, 7) is 7.79.